The van der Waals surface area contributed by atoms with Gasteiger partial charge in [0.15, 0.2) is 0 Å². The van der Waals surface area contributed by atoms with Crippen LogP contribution in [0, 0.1) is 0 Å². The summed E-state index contributed by atoms with van der Waals surface area (Å²) in [5, 5.41) is 9.53. The average molecular weight is 364 g/mol. The van der Waals surface area contributed by atoms with Crippen LogP contribution in [0.2, 0.25) is 0 Å². The molecular weight excluding hydrogens is 340 g/mol. The summed E-state index contributed by atoms with van der Waals surface area (Å²) >= 11 is 0. The van der Waals surface area contributed by atoms with E-state index in [-0.39, 0.29) is 11.6 Å². The Kier molecular flexibility index (Phi) is 4.04. The lowest BCUT2D eigenvalue weighted by atomic mass is 10.1. The Bertz CT molecular complexity index is 1050. The predicted molar refractivity (Wildman–Crippen MR) is 102 cm³/mol. The Balaban J connectivity index is 1.50. The lowest BCUT2D eigenvalue weighted by molar-refractivity contribution is 0.225. The van der Waals surface area contributed by atoms with Gasteiger partial charge in [-0.15, -0.1) is 10.2 Å². The first-order valence-electron chi connectivity index (χ1n) is 9.83. The fourth-order valence-corrected chi connectivity index (χ4v) is 4.51. The summed E-state index contributed by atoms with van der Waals surface area (Å²) in [6.45, 7) is 2.78. The summed E-state index contributed by atoms with van der Waals surface area (Å²) < 4.78 is 4.01. The molecule has 1 unspecified atom stereocenters. The molecule has 0 radical (unpaired) electrons. The number of fused-ring (bicyclic) bond motifs is 2. The molecule has 2 aliphatic heterocycles. The minimum absolute atomic E-state index is 0.0299. The van der Waals surface area contributed by atoms with E-state index < -0.39 is 0 Å². The second kappa shape index (κ2) is 6.56. The molecule has 1 atom stereocenters. The molecule has 0 saturated carbocycles. The predicted octanol–water partition coefficient (Wildman–Crippen LogP) is 2.20. The lowest BCUT2D eigenvalue weighted by Crippen LogP contribution is -2.31. The molecule has 2 aromatic heterocycles. The number of aromatic nitrogens is 5. The summed E-state index contributed by atoms with van der Waals surface area (Å²) in [4.78, 5) is 20.1. The maximum Gasteiger partial charge on any atom is 0.261 e. The van der Waals surface area contributed by atoms with Gasteiger partial charge in [-0.25, -0.2) is 4.98 Å². The Labute approximate surface area is 157 Å². The van der Waals surface area contributed by atoms with Crippen molar-refractivity contribution in [1.29, 1.82) is 0 Å². The van der Waals surface area contributed by atoms with Crippen LogP contribution in [-0.4, -0.2) is 35.8 Å². The van der Waals surface area contributed by atoms with Gasteiger partial charge in [-0.05, 0) is 44.4 Å². The van der Waals surface area contributed by atoms with Gasteiger partial charge in [-0.2, -0.15) is 0 Å². The highest BCUT2D eigenvalue weighted by Gasteiger charge is 2.31. The molecule has 7 heteroatoms. The van der Waals surface area contributed by atoms with Crippen LogP contribution in [0.3, 0.4) is 0 Å². The largest absolute Gasteiger partial charge is 0.314 e. The fourth-order valence-electron chi connectivity index (χ4n) is 4.51. The van der Waals surface area contributed by atoms with E-state index in [4.69, 9.17) is 4.98 Å². The van der Waals surface area contributed by atoms with Crippen molar-refractivity contribution < 1.29 is 0 Å². The molecule has 3 aromatic rings. The molecule has 27 heavy (non-hydrogen) atoms. The van der Waals surface area contributed by atoms with Gasteiger partial charge < -0.3 is 4.57 Å². The maximum absolute atomic E-state index is 12.8. The van der Waals surface area contributed by atoms with Crippen LogP contribution in [0.25, 0.3) is 10.9 Å². The zero-order valence-corrected chi connectivity index (χ0v) is 15.6. The summed E-state index contributed by atoms with van der Waals surface area (Å²) in [6.07, 6.45) is 5.54. The Hall–Kier alpha value is -2.54. The number of nitrogens with zero attached hydrogens (tertiary/aromatic N) is 6. The first-order chi connectivity index (χ1) is 13.2. The molecule has 0 spiro atoms. The van der Waals surface area contributed by atoms with Crippen LogP contribution in [0.15, 0.2) is 29.1 Å². The topological polar surface area (TPSA) is 68.8 Å². The fraction of sp³-hybridized carbons (Fsp3) is 0.500. The smallest absolute Gasteiger partial charge is 0.261 e. The molecule has 7 nitrogen and oxygen atoms in total. The van der Waals surface area contributed by atoms with Crippen LogP contribution in [0.1, 0.15) is 49.2 Å². The van der Waals surface area contributed by atoms with Gasteiger partial charge in [0.2, 0.25) is 0 Å². The van der Waals surface area contributed by atoms with Crippen molar-refractivity contribution in [3.63, 3.8) is 0 Å². The van der Waals surface area contributed by atoms with E-state index in [2.05, 4.69) is 19.7 Å². The third-order valence-electron chi connectivity index (χ3n) is 5.96. The summed E-state index contributed by atoms with van der Waals surface area (Å²) in [5.74, 6) is 3.01. The number of hydrogen-bond acceptors (Lipinski definition) is 5. The van der Waals surface area contributed by atoms with E-state index in [9.17, 15) is 4.79 Å². The van der Waals surface area contributed by atoms with Crippen LogP contribution in [0.4, 0.5) is 0 Å². The number of benzene rings is 1. The highest BCUT2D eigenvalue weighted by atomic mass is 16.1. The first-order valence-corrected chi connectivity index (χ1v) is 9.83. The van der Waals surface area contributed by atoms with Gasteiger partial charge in [0.1, 0.15) is 17.5 Å². The van der Waals surface area contributed by atoms with Gasteiger partial charge in [0, 0.05) is 20.0 Å². The Morgan fingerprint density at radius 2 is 2.00 bits per heavy atom. The number of aryl methyl sites for hydroxylation is 1. The van der Waals surface area contributed by atoms with E-state index in [1.54, 1.807) is 4.57 Å². The molecule has 1 aromatic carbocycles. The van der Waals surface area contributed by atoms with Crippen LogP contribution in [0.5, 0.6) is 0 Å². The van der Waals surface area contributed by atoms with Gasteiger partial charge in [0.05, 0.1) is 23.5 Å². The van der Waals surface area contributed by atoms with Crippen molar-refractivity contribution in [2.45, 2.75) is 51.2 Å². The van der Waals surface area contributed by atoms with Gasteiger partial charge >= 0.3 is 0 Å². The Morgan fingerprint density at radius 1 is 1.11 bits per heavy atom. The molecule has 5 rings (SSSR count). The minimum Gasteiger partial charge on any atom is -0.314 e. The van der Waals surface area contributed by atoms with E-state index in [1.807, 2.05) is 31.3 Å². The standard InChI is InChI=1S/C20H24N6O/c1-24-19(21-15-8-3-2-7-14(15)20(24)27)16-9-6-11-25(16)13-18-23-22-17-10-4-5-12-26(17)18/h2-3,7-8,16H,4-6,9-13H2,1H3. The molecular formula is C20H24N6O. The Morgan fingerprint density at radius 3 is 2.93 bits per heavy atom. The molecule has 0 amide bonds. The van der Waals surface area contributed by atoms with Crippen molar-refractivity contribution in [3.8, 4) is 0 Å². The zero-order valence-electron chi connectivity index (χ0n) is 15.6. The third kappa shape index (κ3) is 2.77. The van der Waals surface area contributed by atoms with Crippen molar-refractivity contribution in [2.75, 3.05) is 6.54 Å². The van der Waals surface area contributed by atoms with E-state index >= 15 is 0 Å². The molecule has 2 aliphatic rings. The molecule has 1 saturated heterocycles. The quantitative estimate of drug-likeness (QED) is 0.713. The second-order valence-electron chi connectivity index (χ2n) is 7.62. The van der Waals surface area contributed by atoms with Crippen molar-refractivity contribution in [1.82, 2.24) is 29.2 Å². The summed E-state index contributed by atoms with van der Waals surface area (Å²) in [7, 11) is 1.84. The normalized spacial score (nSPS) is 20.3. The first kappa shape index (κ1) is 16.6. The molecule has 4 heterocycles. The number of para-hydroxylation sites is 1. The molecule has 0 N–H and O–H groups in total. The third-order valence-corrected chi connectivity index (χ3v) is 5.96. The molecule has 140 valence electrons. The average Bonchev–Trinajstić information content (AvgIpc) is 3.32. The van der Waals surface area contributed by atoms with Crippen molar-refractivity contribution >= 4 is 10.9 Å². The SMILES string of the molecule is Cn1c(C2CCCN2Cc2nnc3n2CCCC3)nc2ccccc2c1=O. The lowest BCUT2D eigenvalue weighted by Gasteiger charge is -2.26. The highest BCUT2D eigenvalue weighted by Crippen LogP contribution is 2.32. The highest BCUT2D eigenvalue weighted by molar-refractivity contribution is 5.77. The number of rotatable bonds is 3. The van der Waals surface area contributed by atoms with Crippen molar-refractivity contribution in [2.24, 2.45) is 7.05 Å². The van der Waals surface area contributed by atoms with Crippen LogP contribution in [-0.2, 0) is 26.6 Å². The monoisotopic (exact) mass is 364 g/mol. The maximum atomic E-state index is 12.8. The number of hydrogen-bond donors (Lipinski definition) is 0. The van der Waals surface area contributed by atoms with Gasteiger partial charge in [-0.3, -0.25) is 14.3 Å². The summed E-state index contributed by atoms with van der Waals surface area (Å²) in [5.41, 5.74) is 0.810. The second-order valence-corrected chi connectivity index (χ2v) is 7.62. The van der Waals surface area contributed by atoms with E-state index in [0.29, 0.717) is 5.39 Å². The van der Waals surface area contributed by atoms with Gasteiger partial charge in [-0.1, -0.05) is 12.1 Å². The molecule has 0 aliphatic carbocycles. The van der Waals surface area contributed by atoms with Crippen LogP contribution >= 0.6 is 0 Å². The van der Waals surface area contributed by atoms with Gasteiger partial charge in [0.25, 0.3) is 5.56 Å². The summed E-state index contributed by atoms with van der Waals surface area (Å²) in [6, 6.07) is 7.75. The zero-order chi connectivity index (χ0) is 18.4. The molecule has 1 fully saturated rings. The van der Waals surface area contributed by atoms with E-state index in [0.717, 1.165) is 61.9 Å². The van der Waals surface area contributed by atoms with Crippen molar-refractivity contribution in [3.05, 3.63) is 52.1 Å². The number of likely N-dealkylation sites (tertiary alicyclic amines) is 1. The molecule has 0 bridgehead atoms. The van der Waals surface area contributed by atoms with Crippen LogP contribution < -0.4 is 5.56 Å². The van der Waals surface area contributed by atoms with E-state index in [1.165, 1.54) is 12.8 Å². The minimum atomic E-state index is 0.0299.